The Bertz CT molecular complexity index is 622. The number of hydrogen-bond acceptors (Lipinski definition) is 6. The van der Waals surface area contributed by atoms with Crippen molar-refractivity contribution in [3.63, 3.8) is 0 Å². The molecule has 0 bridgehead atoms. The topological polar surface area (TPSA) is 127 Å². The van der Waals surface area contributed by atoms with Gasteiger partial charge >= 0.3 is 20.8 Å². The molecule has 0 saturated heterocycles. The quantitative estimate of drug-likeness (QED) is 0.170. The first kappa shape index (κ1) is 28.7. The van der Waals surface area contributed by atoms with Gasteiger partial charge in [0, 0.05) is 5.41 Å². The molecular formula is C19H40O8S2. The largest absolute Gasteiger partial charge is 0.400 e. The molecule has 0 aromatic heterocycles. The van der Waals surface area contributed by atoms with Gasteiger partial charge in [-0.3, -0.25) is 9.11 Å². The summed E-state index contributed by atoms with van der Waals surface area (Å²) in [5.74, 6) is -2.52. The van der Waals surface area contributed by atoms with Crippen LogP contribution in [0.5, 0.6) is 0 Å². The predicted molar refractivity (Wildman–Crippen MR) is 113 cm³/mol. The van der Waals surface area contributed by atoms with Gasteiger partial charge in [0.2, 0.25) is 5.79 Å². The molecule has 1 atom stereocenters. The van der Waals surface area contributed by atoms with Crippen molar-refractivity contribution in [1.82, 2.24) is 0 Å². The zero-order chi connectivity index (χ0) is 22.8. The molecular weight excluding hydrogens is 420 g/mol. The van der Waals surface area contributed by atoms with Crippen LogP contribution in [0.1, 0.15) is 105 Å². The standard InChI is InChI=1S/C19H40O8S2/c1-6-7-8-9-10-11-12-13-14-15-16-17(2)18(3,4)19(5,26-28(20,21)22)27-29(23,24)25/h17H,6-16H2,1-5H3,(H,20,21,22)(H,23,24,25). The van der Waals surface area contributed by atoms with E-state index in [0.29, 0.717) is 6.42 Å². The summed E-state index contributed by atoms with van der Waals surface area (Å²) in [6.07, 6.45) is 12.5. The minimum atomic E-state index is -5.02. The fraction of sp³-hybridized carbons (Fsp3) is 1.00. The van der Waals surface area contributed by atoms with Gasteiger partial charge in [0.15, 0.2) is 0 Å². The van der Waals surface area contributed by atoms with E-state index in [9.17, 15) is 16.8 Å². The summed E-state index contributed by atoms with van der Waals surface area (Å²) in [4.78, 5) is 0. The molecule has 1 unspecified atom stereocenters. The van der Waals surface area contributed by atoms with Crippen LogP contribution in [0.25, 0.3) is 0 Å². The first-order valence-electron chi connectivity index (χ1n) is 10.5. The zero-order valence-corrected chi connectivity index (χ0v) is 20.1. The van der Waals surface area contributed by atoms with Crippen LogP contribution in [0.4, 0.5) is 0 Å². The second kappa shape index (κ2) is 12.6. The molecule has 8 nitrogen and oxygen atoms in total. The third-order valence-corrected chi connectivity index (χ3v) is 6.98. The summed E-state index contributed by atoms with van der Waals surface area (Å²) in [6.45, 7) is 8.25. The summed E-state index contributed by atoms with van der Waals surface area (Å²) in [6, 6.07) is 0. The van der Waals surface area contributed by atoms with Crippen molar-refractivity contribution in [3.05, 3.63) is 0 Å². The Balaban J connectivity index is 4.63. The van der Waals surface area contributed by atoms with E-state index in [2.05, 4.69) is 15.3 Å². The fourth-order valence-corrected chi connectivity index (χ4v) is 4.72. The highest BCUT2D eigenvalue weighted by Gasteiger charge is 2.52. The molecule has 10 heteroatoms. The SMILES string of the molecule is CCCCCCCCCCCCC(C)C(C)(C)C(C)(OS(=O)(=O)O)OS(=O)(=O)O. The lowest BCUT2D eigenvalue weighted by Crippen LogP contribution is -2.52. The monoisotopic (exact) mass is 460 g/mol. The average molecular weight is 461 g/mol. The van der Waals surface area contributed by atoms with Gasteiger partial charge in [-0.1, -0.05) is 98.3 Å². The van der Waals surface area contributed by atoms with Crippen molar-refractivity contribution >= 4 is 20.8 Å². The van der Waals surface area contributed by atoms with E-state index >= 15 is 0 Å². The summed E-state index contributed by atoms with van der Waals surface area (Å²) in [5.41, 5.74) is -1.15. The van der Waals surface area contributed by atoms with Crippen LogP contribution >= 0.6 is 0 Å². The number of rotatable bonds is 17. The number of unbranched alkanes of at least 4 members (excludes halogenated alkanes) is 9. The lowest BCUT2D eigenvalue weighted by Gasteiger charge is -2.44. The maximum Gasteiger partial charge on any atom is 0.400 e. The highest BCUT2D eigenvalue weighted by molar-refractivity contribution is 7.81. The van der Waals surface area contributed by atoms with Crippen molar-refractivity contribution in [1.29, 1.82) is 0 Å². The van der Waals surface area contributed by atoms with Crippen LogP contribution in [-0.4, -0.2) is 31.7 Å². The Labute approximate surface area is 177 Å². The third-order valence-electron chi connectivity index (χ3n) is 5.92. The molecule has 0 aromatic rings. The molecule has 0 radical (unpaired) electrons. The Kier molecular flexibility index (Phi) is 12.4. The van der Waals surface area contributed by atoms with Crippen molar-refractivity contribution in [2.45, 2.75) is 111 Å². The van der Waals surface area contributed by atoms with E-state index in [1.165, 1.54) is 44.9 Å². The van der Waals surface area contributed by atoms with Crippen molar-refractivity contribution in [3.8, 4) is 0 Å². The highest BCUT2D eigenvalue weighted by Crippen LogP contribution is 2.45. The van der Waals surface area contributed by atoms with Gasteiger partial charge in [0.05, 0.1) is 0 Å². The van der Waals surface area contributed by atoms with Crippen molar-refractivity contribution in [2.24, 2.45) is 11.3 Å². The van der Waals surface area contributed by atoms with Crippen LogP contribution in [0.3, 0.4) is 0 Å². The van der Waals surface area contributed by atoms with Gasteiger partial charge in [0.25, 0.3) is 0 Å². The van der Waals surface area contributed by atoms with Crippen LogP contribution in [0, 0.1) is 11.3 Å². The van der Waals surface area contributed by atoms with E-state index < -0.39 is 32.0 Å². The van der Waals surface area contributed by atoms with Crippen LogP contribution in [-0.2, 0) is 29.2 Å². The molecule has 0 spiro atoms. The zero-order valence-electron chi connectivity index (χ0n) is 18.5. The maximum atomic E-state index is 11.2. The Morgan fingerprint density at radius 1 is 0.724 bits per heavy atom. The Morgan fingerprint density at radius 2 is 1.07 bits per heavy atom. The van der Waals surface area contributed by atoms with E-state index in [4.69, 9.17) is 9.11 Å². The van der Waals surface area contributed by atoms with E-state index in [1.54, 1.807) is 13.8 Å². The minimum absolute atomic E-state index is 0.218. The summed E-state index contributed by atoms with van der Waals surface area (Å²) in [7, 11) is -10.0. The van der Waals surface area contributed by atoms with Crippen LogP contribution < -0.4 is 0 Å². The van der Waals surface area contributed by atoms with Crippen LogP contribution in [0.2, 0.25) is 0 Å². The van der Waals surface area contributed by atoms with Gasteiger partial charge < -0.3 is 0 Å². The molecule has 0 aromatic carbocycles. The van der Waals surface area contributed by atoms with E-state index in [0.717, 1.165) is 26.2 Å². The minimum Gasteiger partial charge on any atom is -0.263 e. The van der Waals surface area contributed by atoms with E-state index in [1.807, 2.05) is 6.92 Å². The maximum absolute atomic E-state index is 11.2. The molecule has 29 heavy (non-hydrogen) atoms. The van der Waals surface area contributed by atoms with E-state index in [-0.39, 0.29) is 5.92 Å². The van der Waals surface area contributed by atoms with Crippen LogP contribution in [0.15, 0.2) is 0 Å². The Morgan fingerprint density at radius 3 is 1.41 bits per heavy atom. The third kappa shape index (κ3) is 12.2. The molecule has 0 aliphatic heterocycles. The summed E-state index contributed by atoms with van der Waals surface area (Å²) >= 11 is 0. The predicted octanol–water partition coefficient (Wildman–Crippen LogP) is 5.31. The molecule has 0 fully saturated rings. The average Bonchev–Trinajstić information content (AvgIpc) is 2.52. The Hall–Kier alpha value is -0.260. The second-order valence-electron chi connectivity index (χ2n) is 8.56. The second-order valence-corrected chi connectivity index (χ2v) is 10.6. The smallest absolute Gasteiger partial charge is 0.263 e. The van der Waals surface area contributed by atoms with Gasteiger partial charge in [-0.2, -0.15) is 16.8 Å². The molecule has 176 valence electrons. The molecule has 0 rings (SSSR count). The normalized spacial score (nSPS) is 14.9. The molecule has 0 heterocycles. The van der Waals surface area contributed by atoms with Gasteiger partial charge in [-0.25, -0.2) is 8.37 Å². The number of hydrogen-bond donors (Lipinski definition) is 2. The van der Waals surface area contributed by atoms with Gasteiger partial charge in [0.1, 0.15) is 0 Å². The van der Waals surface area contributed by atoms with Gasteiger partial charge in [-0.15, -0.1) is 0 Å². The lowest BCUT2D eigenvalue weighted by molar-refractivity contribution is -0.196. The highest BCUT2D eigenvalue weighted by atomic mass is 32.3. The molecule has 0 aliphatic carbocycles. The fourth-order valence-electron chi connectivity index (χ4n) is 3.38. The lowest BCUT2D eigenvalue weighted by atomic mass is 9.71. The van der Waals surface area contributed by atoms with Gasteiger partial charge in [-0.05, 0) is 12.8 Å². The van der Waals surface area contributed by atoms with Crippen molar-refractivity contribution in [2.75, 3.05) is 0 Å². The first-order chi connectivity index (χ1) is 13.1. The molecule has 0 aliphatic rings. The molecule has 0 saturated carbocycles. The summed E-state index contributed by atoms with van der Waals surface area (Å²) in [5, 5.41) is 0. The molecule has 2 N–H and O–H groups in total. The van der Waals surface area contributed by atoms with Crippen molar-refractivity contribution < 1.29 is 34.3 Å². The summed E-state index contributed by atoms with van der Waals surface area (Å²) < 4.78 is 72.1. The molecule has 0 amide bonds. The first-order valence-corrected chi connectivity index (χ1v) is 13.2.